The van der Waals surface area contributed by atoms with Crippen molar-refractivity contribution in [3.63, 3.8) is 0 Å². The first-order valence-corrected chi connectivity index (χ1v) is 11.4. The molecule has 1 aromatic rings. The van der Waals surface area contributed by atoms with Gasteiger partial charge in [-0.2, -0.15) is 0 Å². The first kappa shape index (κ1) is 22.4. The van der Waals surface area contributed by atoms with Crippen molar-refractivity contribution in [3.05, 3.63) is 29.6 Å². The molecule has 1 aliphatic carbocycles. The molecule has 1 aromatic carbocycles. The predicted octanol–water partition coefficient (Wildman–Crippen LogP) is 2.17. The lowest BCUT2D eigenvalue weighted by Crippen LogP contribution is -2.39. The van der Waals surface area contributed by atoms with E-state index in [0.717, 1.165) is 18.4 Å². The second-order valence-corrected chi connectivity index (χ2v) is 8.96. The molecule has 1 unspecified atom stereocenters. The summed E-state index contributed by atoms with van der Waals surface area (Å²) in [6.07, 6.45) is 2.32. The third-order valence-corrected chi connectivity index (χ3v) is 5.81. The summed E-state index contributed by atoms with van der Waals surface area (Å²) < 4.78 is 45.2. The fourth-order valence-electron chi connectivity index (χ4n) is 2.47. The molecule has 0 spiro atoms. The van der Waals surface area contributed by atoms with E-state index in [1.54, 1.807) is 13.0 Å². The van der Waals surface area contributed by atoms with E-state index in [9.17, 15) is 12.8 Å². The summed E-state index contributed by atoms with van der Waals surface area (Å²) in [5.41, 5.74) is 0.772. The highest BCUT2D eigenvalue weighted by atomic mass is 32.2. The van der Waals surface area contributed by atoms with Gasteiger partial charge in [-0.25, -0.2) is 17.5 Å². The molecular formula is C19H31FN4O3S. The number of nitrogens with one attached hydrogen (secondary N) is 3. The molecule has 0 heterocycles. The van der Waals surface area contributed by atoms with Crippen LogP contribution in [0.2, 0.25) is 0 Å². The highest BCUT2D eigenvalue weighted by Crippen LogP contribution is 2.30. The van der Waals surface area contributed by atoms with Crippen LogP contribution in [-0.2, 0) is 10.0 Å². The Morgan fingerprint density at radius 2 is 2.11 bits per heavy atom. The lowest BCUT2D eigenvalue weighted by Gasteiger charge is -2.19. The molecule has 0 aliphatic heterocycles. The standard InChI is InChI=1S/C19H31FN4O3S/c1-4-21-19(22-10-11-23-28(25,26)5-2)24-14(3)16-8-9-18(17(20)12-16)27-13-15-6-7-15/h8-9,12,14-15,23H,4-7,10-11,13H2,1-3H3,(H2,21,22,24). The maximum absolute atomic E-state index is 14.3. The van der Waals surface area contributed by atoms with E-state index in [1.807, 2.05) is 19.9 Å². The van der Waals surface area contributed by atoms with Gasteiger partial charge in [-0.1, -0.05) is 6.07 Å². The van der Waals surface area contributed by atoms with Crippen molar-refractivity contribution >= 4 is 16.0 Å². The summed E-state index contributed by atoms with van der Waals surface area (Å²) in [7, 11) is -3.22. The zero-order valence-corrected chi connectivity index (χ0v) is 17.6. The number of aliphatic imine (C=N–C) groups is 1. The predicted molar refractivity (Wildman–Crippen MR) is 110 cm³/mol. The van der Waals surface area contributed by atoms with Crippen LogP contribution in [0.5, 0.6) is 5.75 Å². The summed E-state index contributed by atoms with van der Waals surface area (Å²) in [5, 5.41) is 6.31. The summed E-state index contributed by atoms with van der Waals surface area (Å²) in [5.74, 6) is 1.06. The molecule has 1 saturated carbocycles. The quantitative estimate of drug-likeness (QED) is 0.293. The van der Waals surface area contributed by atoms with Crippen LogP contribution in [0.4, 0.5) is 4.39 Å². The Labute approximate surface area is 167 Å². The van der Waals surface area contributed by atoms with Crippen LogP contribution in [0.25, 0.3) is 0 Å². The van der Waals surface area contributed by atoms with Crippen molar-refractivity contribution in [2.24, 2.45) is 10.9 Å². The molecule has 0 aromatic heterocycles. The highest BCUT2D eigenvalue weighted by molar-refractivity contribution is 7.89. The summed E-state index contributed by atoms with van der Waals surface area (Å²) in [6, 6.07) is 4.78. The molecule has 9 heteroatoms. The van der Waals surface area contributed by atoms with Crippen LogP contribution >= 0.6 is 0 Å². The van der Waals surface area contributed by atoms with Crippen molar-refractivity contribution in [1.29, 1.82) is 0 Å². The van der Waals surface area contributed by atoms with E-state index in [0.29, 0.717) is 31.6 Å². The van der Waals surface area contributed by atoms with E-state index in [1.165, 1.54) is 6.07 Å². The summed E-state index contributed by atoms with van der Waals surface area (Å²) in [6.45, 7) is 7.18. The van der Waals surface area contributed by atoms with Crippen molar-refractivity contribution in [2.45, 2.75) is 39.7 Å². The van der Waals surface area contributed by atoms with Crippen molar-refractivity contribution in [3.8, 4) is 5.75 Å². The van der Waals surface area contributed by atoms with Crippen molar-refractivity contribution < 1.29 is 17.5 Å². The molecule has 28 heavy (non-hydrogen) atoms. The summed E-state index contributed by atoms with van der Waals surface area (Å²) in [4.78, 5) is 4.36. The lowest BCUT2D eigenvalue weighted by molar-refractivity contribution is 0.285. The number of halogens is 1. The van der Waals surface area contributed by atoms with Gasteiger partial charge in [0.1, 0.15) is 0 Å². The first-order valence-electron chi connectivity index (χ1n) is 9.79. The van der Waals surface area contributed by atoms with Gasteiger partial charge in [0.2, 0.25) is 10.0 Å². The minimum Gasteiger partial charge on any atom is -0.490 e. The average molecular weight is 415 g/mol. The number of benzene rings is 1. The number of sulfonamides is 1. The molecule has 1 aliphatic rings. The fraction of sp³-hybridized carbons (Fsp3) is 0.632. The Kier molecular flexibility index (Phi) is 8.50. The Morgan fingerprint density at radius 1 is 1.36 bits per heavy atom. The highest BCUT2D eigenvalue weighted by Gasteiger charge is 2.22. The Hall–Kier alpha value is -1.87. The number of ether oxygens (including phenoxy) is 1. The van der Waals surface area contributed by atoms with Gasteiger partial charge in [-0.15, -0.1) is 0 Å². The maximum Gasteiger partial charge on any atom is 0.211 e. The van der Waals surface area contributed by atoms with Gasteiger partial charge in [0.15, 0.2) is 17.5 Å². The normalized spacial score (nSPS) is 15.9. The molecule has 0 amide bonds. The van der Waals surface area contributed by atoms with Crippen molar-refractivity contribution in [1.82, 2.24) is 15.4 Å². The number of guanidine groups is 1. The fourth-order valence-corrected chi connectivity index (χ4v) is 3.08. The molecule has 1 fully saturated rings. The zero-order chi connectivity index (χ0) is 20.6. The molecule has 2 rings (SSSR count). The van der Waals surface area contributed by atoms with Crippen LogP contribution in [0.3, 0.4) is 0 Å². The van der Waals surface area contributed by atoms with E-state index in [-0.39, 0.29) is 29.9 Å². The molecule has 0 bridgehead atoms. The third-order valence-electron chi connectivity index (χ3n) is 4.41. The van der Waals surface area contributed by atoms with Gasteiger partial charge in [-0.3, -0.25) is 4.99 Å². The average Bonchev–Trinajstić information content (AvgIpc) is 3.48. The molecule has 1 atom stereocenters. The summed E-state index contributed by atoms with van der Waals surface area (Å²) >= 11 is 0. The van der Waals surface area contributed by atoms with Crippen LogP contribution < -0.4 is 20.1 Å². The topological polar surface area (TPSA) is 91.8 Å². The maximum atomic E-state index is 14.3. The van der Waals surface area contributed by atoms with E-state index in [4.69, 9.17) is 4.74 Å². The van der Waals surface area contributed by atoms with E-state index in [2.05, 4.69) is 20.3 Å². The van der Waals surface area contributed by atoms with Gasteiger partial charge in [0.05, 0.1) is 24.9 Å². The number of hydrogen-bond acceptors (Lipinski definition) is 4. The molecule has 3 N–H and O–H groups in total. The molecule has 0 saturated heterocycles. The largest absolute Gasteiger partial charge is 0.490 e. The van der Waals surface area contributed by atoms with Gasteiger partial charge in [0.25, 0.3) is 0 Å². The molecular weight excluding hydrogens is 383 g/mol. The molecule has 158 valence electrons. The van der Waals surface area contributed by atoms with Gasteiger partial charge < -0.3 is 15.4 Å². The molecule has 0 radical (unpaired) electrons. The first-order chi connectivity index (χ1) is 13.3. The van der Waals surface area contributed by atoms with Gasteiger partial charge in [0, 0.05) is 13.1 Å². The number of nitrogens with zero attached hydrogens (tertiary/aromatic N) is 1. The monoisotopic (exact) mass is 414 g/mol. The molecule has 7 nitrogen and oxygen atoms in total. The minimum absolute atomic E-state index is 0.0397. The Morgan fingerprint density at radius 3 is 2.71 bits per heavy atom. The smallest absolute Gasteiger partial charge is 0.211 e. The minimum atomic E-state index is -3.22. The Bertz CT molecular complexity index is 766. The van der Waals surface area contributed by atoms with Crippen molar-refractivity contribution in [2.75, 3.05) is 32.0 Å². The van der Waals surface area contributed by atoms with Gasteiger partial charge in [-0.05, 0) is 57.2 Å². The van der Waals surface area contributed by atoms with Gasteiger partial charge >= 0.3 is 0 Å². The Balaban J connectivity index is 1.91. The van der Waals surface area contributed by atoms with E-state index >= 15 is 0 Å². The lowest BCUT2D eigenvalue weighted by atomic mass is 10.1. The van der Waals surface area contributed by atoms with E-state index < -0.39 is 10.0 Å². The number of hydrogen-bond donors (Lipinski definition) is 3. The zero-order valence-electron chi connectivity index (χ0n) is 16.8. The van der Waals surface area contributed by atoms with Crippen LogP contribution in [0.1, 0.15) is 45.2 Å². The SMILES string of the molecule is CCNC(=NCCNS(=O)(=O)CC)NC(C)c1ccc(OCC2CC2)c(F)c1. The van der Waals surface area contributed by atoms with Crippen LogP contribution in [0, 0.1) is 11.7 Å². The number of rotatable bonds is 11. The third kappa shape index (κ3) is 7.63. The second kappa shape index (κ2) is 10.6. The second-order valence-electron chi connectivity index (χ2n) is 6.87. The van der Waals surface area contributed by atoms with Crippen LogP contribution in [-0.4, -0.2) is 46.4 Å². The van der Waals surface area contributed by atoms with Crippen LogP contribution in [0.15, 0.2) is 23.2 Å².